The van der Waals surface area contributed by atoms with Crippen molar-refractivity contribution < 1.29 is 4.74 Å². The van der Waals surface area contributed by atoms with Crippen LogP contribution >= 0.6 is 0 Å². The zero-order valence-electron chi connectivity index (χ0n) is 13.1. The number of rotatable bonds is 4. The number of hydrogen-bond acceptors (Lipinski definition) is 4. The third-order valence-corrected chi connectivity index (χ3v) is 5.06. The molecule has 2 atom stereocenters. The Kier molecular flexibility index (Phi) is 4.86. The van der Waals surface area contributed by atoms with Crippen LogP contribution in [0.25, 0.3) is 0 Å². The van der Waals surface area contributed by atoms with E-state index in [9.17, 15) is 0 Å². The van der Waals surface area contributed by atoms with E-state index in [4.69, 9.17) is 4.74 Å². The van der Waals surface area contributed by atoms with Crippen LogP contribution in [0.1, 0.15) is 63.7 Å². The first-order valence-electron chi connectivity index (χ1n) is 8.47. The molecule has 3 rings (SSSR count). The Hall–Kier alpha value is -1.00. The number of ether oxygens (including phenoxy) is 1. The molecule has 1 aromatic heterocycles. The Morgan fingerprint density at radius 3 is 2.76 bits per heavy atom. The van der Waals surface area contributed by atoms with Crippen molar-refractivity contribution in [1.29, 1.82) is 0 Å². The molecule has 0 aromatic carbocycles. The van der Waals surface area contributed by atoms with Crippen molar-refractivity contribution >= 4 is 0 Å². The average Bonchev–Trinajstić information content (AvgIpc) is 2.54. The third kappa shape index (κ3) is 3.43. The fourth-order valence-electron chi connectivity index (χ4n) is 4.05. The largest absolute Gasteiger partial charge is 0.375 e. The van der Waals surface area contributed by atoms with Crippen molar-refractivity contribution in [3.05, 3.63) is 24.3 Å². The lowest BCUT2D eigenvalue weighted by Gasteiger charge is -2.45. The first kappa shape index (κ1) is 14.9. The normalized spacial score (nSPS) is 26.6. The minimum atomic E-state index is 0.142. The second-order valence-corrected chi connectivity index (χ2v) is 6.49. The highest BCUT2D eigenvalue weighted by atomic mass is 16.5. The minimum Gasteiger partial charge on any atom is -0.375 e. The van der Waals surface area contributed by atoms with Crippen molar-refractivity contribution in [1.82, 2.24) is 15.3 Å². The predicted molar refractivity (Wildman–Crippen MR) is 82.9 cm³/mol. The van der Waals surface area contributed by atoms with Crippen LogP contribution in [0.5, 0.6) is 0 Å². The van der Waals surface area contributed by atoms with Gasteiger partial charge < -0.3 is 10.1 Å². The van der Waals surface area contributed by atoms with Crippen LogP contribution in [0, 0.1) is 5.92 Å². The minimum absolute atomic E-state index is 0.142. The average molecular weight is 289 g/mol. The summed E-state index contributed by atoms with van der Waals surface area (Å²) in [6.45, 7) is 4.00. The Labute approximate surface area is 127 Å². The molecular weight excluding hydrogens is 262 g/mol. The highest BCUT2D eigenvalue weighted by Gasteiger charge is 2.41. The van der Waals surface area contributed by atoms with Gasteiger partial charge >= 0.3 is 0 Å². The summed E-state index contributed by atoms with van der Waals surface area (Å²) in [7, 11) is 0. The Morgan fingerprint density at radius 2 is 2.05 bits per heavy atom. The molecule has 2 aliphatic rings. The summed E-state index contributed by atoms with van der Waals surface area (Å²) in [6.07, 6.45) is 12.4. The molecule has 0 amide bonds. The molecule has 1 saturated heterocycles. The monoisotopic (exact) mass is 289 g/mol. The molecule has 0 bridgehead atoms. The maximum atomic E-state index is 6.23. The van der Waals surface area contributed by atoms with Crippen LogP contribution in [0.3, 0.4) is 0 Å². The molecule has 21 heavy (non-hydrogen) atoms. The van der Waals surface area contributed by atoms with Gasteiger partial charge in [-0.1, -0.05) is 26.2 Å². The molecule has 0 radical (unpaired) electrons. The molecule has 4 heteroatoms. The SMILES string of the molecule is CCNC(c1ncccn1)C1CCOC2(CCCCC2)C1. The van der Waals surface area contributed by atoms with Crippen LogP contribution in [0.4, 0.5) is 0 Å². The van der Waals surface area contributed by atoms with E-state index in [2.05, 4.69) is 22.2 Å². The zero-order chi connectivity index (χ0) is 14.5. The lowest BCUT2D eigenvalue weighted by atomic mass is 9.74. The first-order valence-corrected chi connectivity index (χ1v) is 8.47. The van der Waals surface area contributed by atoms with Crippen molar-refractivity contribution in [2.24, 2.45) is 5.92 Å². The summed E-state index contributed by atoms with van der Waals surface area (Å²) in [5.41, 5.74) is 0.142. The lowest BCUT2D eigenvalue weighted by molar-refractivity contribution is -0.122. The van der Waals surface area contributed by atoms with Crippen LogP contribution in [0.15, 0.2) is 18.5 Å². The van der Waals surface area contributed by atoms with Gasteiger partial charge in [0.15, 0.2) is 0 Å². The molecule has 2 fully saturated rings. The molecule has 1 aromatic rings. The standard InChI is InChI=1S/C17H27N3O/c1-2-18-15(16-19-10-6-11-20-16)14-7-12-21-17(13-14)8-4-3-5-9-17/h6,10-11,14-15,18H,2-5,7-9,12-13H2,1H3. The molecule has 1 N–H and O–H groups in total. The summed E-state index contributed by atoms with van der Waals surface area (Å²) >= 11 is 0. The Morgan fingerprint density at radius 1 is 1.29 bits per heavy atom. The van der Waals surface area contributed by atoms with Gasteiger partial charge in [-0.2, -0.15) is 0 Å². The predicted octanol–water partition coefficient (Wildman–Crippen LogP) is 3.26. The van der Waals surface area contributed by atoms with Crippen LogP contribution in [0.2, 0.25) is 0 Å². The molecule has 1 aliphatic carbocycles. The van der Waals surface area contributed by atoms with Gasteiger partial charge in [-0.25, -0.2) is 9.97 Å². The summed E-state index contributed by atoms with van der Waals surface area (Å²) in [6, 6.07) is 2.15. The van der Waals surface area contributed by atoms with Gasteiger partial charge in [0.1, 0.15) is 5.82 Å². The van der Waals surface area contributed by atoms with E-state index in [1.54, 1.807) is 0 Å². The van der Waals surface area contributed by atoms with E-state index >= 15 is 0 Å². The molecule has 1 aliphatic heterocycles. The van der Waals surface area contributed by atoms with Gasteiger partial charge in [0.2, 0.25) is 0 Å². The van der Waals surface area contributed by atoms with Gasteiger partial charge in [-0.3, -0.25) is 0 Å². The third-order valence-electron chi connectivity index (χ3n) is 5.06. The van der Waals surface area contributed by atoms with E-state index in [0.717, 1.165) is 31.8 Å². The van der Waals surface area contributed by atoms with Gasteiger partial charge in [0.05, 0.1) is 11.6 Å². The Balaban J connectivity index is 1.76. The van der Waals surface area contributed by atoms with E-state index in [1.807, 2.05) is 18.5 Å². The van der Waals surface area contributed by atoms with E-state index < -0.39 is 0 Å². The quantitative estimate of drug-likeness (QED) is 0.924. The van der Waals surface area contributed by atoms with Gasteiger partial charge in [-0.05, 0) is 44.2 Å². The first-order chi connectivity index (χ1) is 10.3. The van der Waals surface area contributed by atoms with Crippen molar-refractivity contribution in [3.8, 4) is 0 Å². The highest BCUT2D eigenvalue weighted by Crippen LogP contribution is 2.43. The molecule has 116 valence electrons. The molecule has 1 spiro atoms. The van der Waals surface area contributed by atoms with Gasteiger partial charge in [-0.15, -0.1) is 0 Å². The van der Waals surface area contributed by atoms with Crippen LogP contribution < -0.4 is 5.32 Å². The fraction of sp³-hybridized carbons (Fsp3) is 0.765. The maximum absolute atomic E-state index is 6.23. The maximum Gasteiger partial charge on any atom is 0.145 e. The summed E-state index contributed by atoms with van der Waals surface area (Å²) in [5.74, 6) is 1.52. The van der Waals surface area contributed by atoms with Gasteiger partial charge in [0, 0.05) is 19.0 Å². The lowest BCUT2D eigenvalue weighted by Crippen LogP contribution is -2.45. The topological polar surface area (TPSA) is 47.0 Å². The Bertz CT molecular complexity index is 425. The molecule has 2 heterocycles. The molecule has 4 nitrogen and oxygen atoms in total. The smallest absolute Gasteiger partial charge is 0.145 e. The van der Waals surface area contributed by atoms with Gasteiger partial charge in [0.25, 0.3) is 0 Å². The van der Waals surface area contributed by atoms with E-state index in [0.29, 0.717) is 5.92 Å². The summed E-state index contributed by atoms with van der Waals surface area (Å²) in [5, 5.41) is 3.61. The fourth-order valence-corrected chi connectivity index (χ4v) is 4.05. The zero-order valence-corrected chi connectivity index (χ0v) is 13.1. The molecule has 1 saturated carbocycles. The van der Waals surface area contributed by atoms with E-state index in [-0.39, 0.29) is 11.6 Å². The molecule has 2 unspecified atom stereocenters. The van der Waals surface area contributed by atoms with E-state index in [1.165, 1.54) is 32.1 Å². The van der Waals surface area contributed by atoms with Crippen LogP contribution in [-0.4, -0.2) is 28.7 Å². The van der Waals surface area contributed by atoms with Crippen molar-refractivity contribution in [3.63, 3.8) is 0 Å². The second-order valence-electron chi connectivity index (χ2n) is 6.49. The summed E-state index contributed by atoms with van der Waals surface area (Å²) in [4.78, 5) is 8.98. The number of nitrogens with zero attached hydrogens (tertiary/aromatic N) is 2. The second kappa shape index (κ2) is 6.84. The van der Waals surface area contributed by atoms with Crippen molar-refractivity contribution in [2.75, 3.05) is 13.2 Å². The van der Waals surface area contributed by atoms with Crippen LogP contribution in [-0.2, 0) is 4.74 Å². The number of aromatic nitrogens is 2. The highest BCUT2D eigenvalue weighted by molar-refractivity contribution is 5.02. The summed E-state index contributed by atoms with van der Waals surface area (Å²) < 4.78 is 6.23. The number of nitrogens with one attached hydrogen (secondary N) is 1. The molecular formula is C17H27N3O. The van der Waals surface area contributed by atoms with Crippen molar-refractivity contribution in [2.45, 2.75) is 63.5 Å². The number of hydrogen-bond donors (Lipinski definition) is 1.